The molecule has 5 heteroatoms. The first-order chi connectivity index (χ1) is 6.61. The molecule has 0 amide bonds. The van der Waals surface area contributed by atoms with Gasteiger partial charge in [-0.3, -0.25) is 0 Å². The maximum absolute atomic E-state index is 6.05. The fraction of sp³-hybridized carbons (Fsp3) is 0. The number of pyridine rings is 1. The second kappa shape index (κ2) is 3.86. The Morgan fingerprint density at radius 3 is 2.57 bits per heavy atom. The van der Waals surface area contributed by atoms with E-state index in [1.54, 1.807) is 18.3 Å². The van der Waals surface area contributed by atoms with Gasteiger partial charge in [0, 0.05) is 21.4 Å². The van der Waals surface area contributed by atoms with Gasteiger partial charge in [0.2, 0.25) is 0 Å². The normalized spacial score (nSPS) is 10.9. The lowest BCUT2D eigenvalue weighted by atomic mass is 10.2. The van der Waals surface area contributed by atoms with E-state index in [0.717, 1.165) is 15.2 Å². The van der Waals surface area contributed by atoms with Gasteiger partial charge in [-0.25, -0.2) is 4.98 Å². The average molecular weight is 311 g/mol. The van der Waals surface area contributed by atoms with Gasteiger partial charge in [0.25, 0.3) is 0 Å². The van der Waals surface area contributed by atoms with E-state index in [9.17, 15) is 0 Å². The first-order valence-corrected chi connectivity index (χ1v) is 5.61. The van der Waals surface area contributed by atoms with Crippen molar-refractivity contribution in [2.24, 2.45) is 0 Å². The van der Waals surface area contributed by atoms with E-state index in [0.29, 0.717) is 15.2 Å². The maximum atomic E-state index is 6.05. The van der Waals surface area contributed by atoms with Crippen LogP contribution in [0.1, 0.15) is 0 Å². The van der Waals surface area contributed by atoms with Crippen molar-refractivity contribution in [2.45, 2.75) is 0 Å². The largest absolute Gasteiger partial charge is 0.243 e. The zero-order chi connectivity index (χ0) is 10.3. The molecule has 0 radical (unpaired) electrons. The van der Waals surface area contributed by atoms with E-state index in [2.05, 4.69) is 20.9 Å². The molecule has 0 saturated heterocycles. The molecule has 0 saturated carbocycles. The second-order valence-corrected chi connectivity index (χ2v) is 4.68. The molecule has 14 heavy (non-hydrogen) atoms. The van der Waals surface area contributed by atoms with Gasteiger partial charge in [-0.15, -0.1) is 0 Å². The van der Waals surface area contributed by atoms with Gasteiger partial charge in [-0.05, 0) is 28.1 Å². The van der Waals surface area contributed by atoms with Crippen molar-refractivity contribution in [1.29, 1.82) is 0 Å². The van der Waals surface area contributed by atoms with Gasteiger partial charge in [0.15, 0.2) is 0 Å². The molecule has 0 N–H and O–H groups in total. The summed E-state index contributed by atoms with van der Waals surface area (Å²) in [5.41, 5.74) is 0. The second-order valence-electron chi connectivity index (χ2n) is 2.68. The average Bonchev–Trinajstić information content (AvgIpc) is 2.16. The minimum absolute atomic E-state index is 0.418. The molecule has 0 fully saturated rings. The molecular formula is C9H3BrCl3N. The van der Waals surface area contributed by atoms with E-state index in [1.807, 2.05) is 0 Å². The third-order valence-electron chi connectivity index (χ3n) is 1.85. The van der Waals surface area contributed by atoms with Gasteiger partial charge >= 0.3 is 0 Å². The van der Waals surface area contributed by atoms with Gasteiger partial charge in [-0.1, -0.05) is 34.8 Å². The molecule has 72 valence electrons. The van der Waals surface area contributed by atoms with Crippen LogP contribution < -0.4 is 0 Å². The Labute approximate surface area is 104 Å². The van der Waals surface area contributed by atoms with Crippen molar-refractivity contribution < 1.29 is 0 Å². The maximum Gasteiger partial charge on any atom is 0.136 e. The lowest BCUT2D eigenvalue weighted by Crippen LogP contribution is -1.83. The summed E-state index contributed by atoms with van der Waals surface area (Å²) in [7, 11) is 0. The van der Waals surface area contributed by atoms with E-state index in [1.165, 1.54) is 0 Å². The van der Waals surface area contributed by atoms with Crippen molar-refractivity contribution in [3.05, 3.63) is 38.0 Å². The molecule has 0 aliphatic carbocycles. The van der Waals surface area contributed by atoms with Crippen LogP contribution in [0.15, 0.2) is 22.8 Å². The van der Waals surface area contributed by atoms with E-state index >= 15 is 0 Å². The number of aromatic nitrogens is 1. The van der Waals surface area contributed by atoms with Gasteiger partial charge < -0.3 is 0 Å². The Kier molecular flexibility index (Phi) is 2.89. The summed E-state index contributed by atoms with van der Waals surface area (Å²) < 4.78 is 0.782. The highest BCUT2D eigenvalue weighted by Crippen LogP contribution is 2.37. The standard InChI is InChI=1S/C9H3BrCl3N/c10-5-3-14-9(13)4-1-2-6(11)8(12)7(4)5/h1-3H. The molecule has 1 nitrogen and oxygen atoms in total. The summed E-state index contributed by atoms with van der Waals surface area (Å²) in [5.74, 6) is 0. The summed E-state index contributed by atoms with van der Waals surface area (Å²) in [4.78, 5) is 3.99. The Bertz CT molecular complexity index is 513. The highest BCUT2D eigenvalue weighted by atomic mass is 79.9. The lowest BCUT2D eigenvalue weighted by molar-refractivity contribution is 1.35. The molecule has 0 bridgehead atoms. The third-order valence-corrected chi connectivity index (χ3v) is 3.55. The minimum Gasteiger partial charge on any atom is -0.243 e. The fourth-order valence-electron chi connectivity index (χ4n) is 1.20. The number of hydrogen-bond donors (Lipinski definition) is 0. The molecule has 0 spiro atoms. The zero-order valence-corrected chi connectivity index (χ0v) is 10.5. The quantitative estimate of drug-likeness (QED) is 0.627. The van der Waals surface area contributed by atoms with Crippen LogP contribution in [-0.4, -0.2) is 4.98 Å². The number of halogens is 4. The molecule has 0 aliphatic heterocycles. The Hall–Kier alpha value is -0.0200. The molecule has 2 rings (SSSR count). The van der Waals surface area contributed by atoms with Crippen molar-refractivity contribution in [3.8, 4) is 0 Å². The van der Waals surface area contributed by atoms with Crippen LogP contribution in [0.5, 0.6) is 0 Å². The van der Waals surface area contributed by atoms with Crippen molar-refractivity contribution in [3.63, 3.8) is 0 Å². The topological polar surface area (TPSA) is 12.9 Å². The molecule has 0 aliphatic rings. The summed E-state index contributed by atoms with van der Waals surface area (Å²) in [5, 5.41) is 2.99. The number of fused-ring (bicyclic) bond motifs is 1. The molecule has 2 aromatic rings. The first-order valence-electron chi connectivity index (χ1n) is 3.69. The highest BCUT2D eigenvalue weighted by Gasteiger charge is 2.10. The summed E-state index contributed by atoms with van der Waals surface area (Å²) in [6.45, 7) is 0. The number of nitrogens with zero attached hydrogens (tertiary/aromatic N) is 1. The molecule has 0 atom stereocenters. The zero-order valence-electron chi connectivity index (χ0n) is 6.69. The number of hydrogen-bond acceptors (Lipinski definition) is 1. The Morgan fingerprint density at radius 1 is 1.14 bits per heavy atom. The highest BCUT2D eigenvalue weighted by molar-refractivity contribution is 9.10. The number of rotatable bonds is 0. The third kappa shape index (κ3) is 1.61. The van der Waals surface area contributed by atoms with E-state index < -0.39 is 0 Å². The molecule has 1 heterocycles. The molecule has 1 aromatic carbocycles. The van der Waals surface area contributed by atoms with Gasteiger partial charge in [-0.2, -0.15) is 0 Å². The van der Waals surface area contributed by atoms with Crippen LogP contribution in [-0.2, 0) is 0 Å². The van der Waals surface area contributed by atoms with E-state index in [4.69, 9.17) is 34.8 Å². The van der Waals surface area contributed by atoms with Crippen molar-refractivity contribution >= 4 is 61.5 Å². The van der Waals surface area contributed by atoms with Crippen LogP contribution in [0.3, 0.4) is 0 Å². The van der Waals surface area contributed by atoms with Crippen LogP contribution in [0.2, 0.25) is 15.2 Å². The predicted octanol–water partition coefficient (Wildman–Crippen LogP) is 4.96. The summed E-state index contributed by atoms with van der Waals surface area (Å²) >= 11 is 21.2. The molecular weight excluding hydrogens is 308 g/mol. The first kappa shape index (κ1) is 10.5. The van der Waals surface area contributed by atoms with Crippen molar-refractivity contribution in [1.82, 2.24) is 4.98 Å². The Morgan fingerprint density at radius 2 is 1.86 bits per heavy atom. The predicted molar refractivity (Wildman–Crippen MR) is 64.5 cm³/mol. The lowest BCUT2D eigenvalue weighted by Gasteiger charge is -2.05. The number of benzene rings is 1. The monoisotopic (exact) mass is 309 g/mol. The van der Waals surface area contributed by atoms with Crippen LogP contribution in [0, 0.1) is 0 Å². The summed E-state index contributed by atoms with van der Waals surface area (Å²) in [6, 6.07) is 3.50. The Balaban J connectivity index is 3.01. The van der Waals surface area contributed by atoms with Crippen LogP contribution in [0.4, 0.5) is 0 Å². The molecule has 0 unspecified atom stereocenters. The van der Waals surface area contributed by atoms with Gasteiger partial charge in [0.05, 0.1) is 10.0 Å². The smallest absolute Gasteiger partial charge is 0.136 e. The van der Waals surface area contributed by atoms with E-state index in [-0.39, 0.29) is 0 Å². The minimum atomic E-state index is 0.418. The fourth-order valence-corrected chi connectivity index (χ4v) is 2.46. The SMILES string of the molecule is Clc1ccc2c(Cl)ncc(Br)c2c1Cl. The van der Waals surface area contributed by atoms with Crippen LogP contribution >= 0.6 is 50.7 Å². The summed E-state index contributed by atoms with van der Waals surface area (Å²) in [6.07, 6.45) is 1.60. The van der Waals surface area contributed by atoms with Crippen molar-refractivity contribution in [2.75, 3.05) is 0 Å². The van der Waals surface area contributed by atoms with Crippen LogP contribution in [0.25, 0.3) is 10.8 Å². The van der Waals surface area contributed by atoms with Gasteiger partial charge in [0.1, 0.15) is 5.15 Å². The molecule has 1 aromatic heterocycles.